The molecule has 4 nitrogen and oxygen atoms in total. The lowest BCUT2D eigenvalue weighted by Gasteiger charge is -2.21. The van der Waals surface area contributed by atoms with Crippen molar-refractivity contribution in [2.24, 2.45) is 0 Å². The smallest absolute Gasteiger partial charge is 0.251 e. The van der Waals surface area contributed by atoms with Gasteiger partial charge in [0.1, 0.15) is 0 Å². The second-order valence-electron chi connectivity index (χ2n) is 5.71. The Kier molecular flexibility index (Phi) is 6.55. The van der Waals surface area contributed by atoms with E-state index in [1.807, 2.05) is 50.2 Å². The first-order chi connectivity index (χ1) is 11.6. The fourth-order valence-corrected chi connectivity index (χ4v) is 2.56. The molecular formula is C20H24N2O2. The Morgan fingerprint density at radius 2 is 1.67 bits per heavy atom. The molecule has 2 amide bonds. The number of hydrogen-bond donors (Lipinski definition) is 1. The molecule has 0 saturated carbocycles. The largest absolute Gasteiger partial charge is 0.343 e. The van der Waals surface area contributed by atoms with Crippen LogP contribution in [0.2, 0.25) is 0 Å². The lowest BCUT2D eigenvalue weighted by Crippen LogP contribution is -2.41. The van der Waals surface area contributed by atoms with Crippen molar-refractivity contribution in [2.45, 2.75) is 20.3 Å². The van der Waals surface area contributed by atoms with Gasteiger partial charge in [-0.3, -0.25) is 9.59 Å². The second kappa shape index (κ2) is 8.87. The van der Waals surface area contributed by atoms with Crippen LogP contribution in [0.3, 0.4) is 0 Å². The van der Waals surface area contributed by atoms with Gasteiger partial charge in [-0.2, -0.15) is 0 Å². The van der Waals surface area contributed by atoms with E-state index in [-0.39, 0.29) is 18.4 Å². The second-order valence-corrected chi connectivity index (χ2v) is 5.71. The minimum absolute atomic E-state index is 0.0236. The fourth-order valence-electron chi connectivity index (χ4n) is 2.56. The van der Waals surface area contributed by atoms with E-state index in [0.29, 0.717) is 18.7 Å². The summed E-state index contributed by atoms with van der Waals surface area (Å²) in [6.07, 6.45) is 0.812. The summed E-state index contributed by atoms with van der Waals surface area (Å²) in [5.74, 6) is -0.268. The molecule has 0 unspecified atom stereocenters. The van der Waals surface area contributed by atoms with Gasteiger partial charge in [0.25, 0.3) is 5.91 Å². The molecule has 126 valence electrons. The summed E-state index contributed by atoms with van der Waals surface area (Å²) in [7, 11) is 0. The number of benzene rings is 2. The maximum absolute atomic E-state index is 12.3. The zero-order chi connectivity index (χ0) is 17.4. The molecule has 2 rings (SSSR count). The van der Waals surface area contributed by atoms with Crippen molar-refractivity contribution in [3.05, 3.63) is 71.3 Å². The summed E-state index contributed by atoms with van der Waals surface area (Å²) in [6.45, 7) is 5.14. The van der Waals surface area contributed by atoms with Gasteiger partial charge < -0.3 is 10.2 Å². The third kappa shape index (κ3) is 4.95. The molecule has 0 aromatic heterocycles. The Balaban J connectivity index is 1.85. The maximum Gasteiger partial charge on any atom is 0.251 e. The monoisotopic (exact) mass is 324 g/mol. The molecule has 24 heavy (non-hydrogen) atoms. The zero-order valence-corrected chi connectivity index (χ0v) is 14.3. The third-order valence-electron chi connectivity index (χ3n) is 4.04. The van der Waals surface area contributed by atoms with Gasteiger partial charge in [-0.05, 0) is 37.5 Å². The summed E-state index contributed by atoms with van der Waals surface area (Å²) in [5, 5.41) is 2.72. The van der Waals surface area contributed by atoms with Gasteiger partial charge in [-0.1, -0.05) is 48.5 Å². The van der Waals surface area contributed by atoms with Gasteiger partial charge in [0.2, 0.25) is 5.91 Å². The number of amides is 2. The first-order valence-electron chi connectivity index (χ1n) is 8.27. The first-order valence-corrected chi connectivity index (χ1v) is 8.27. The predicted molar refractivity (Wildman–Crippen MR) is 95.9 cm³/mol. The van der Waals surface area contributed by atoms with E-state index in [2.05, 4.69) is 17.4 Å². The van der Waals surface area contributed by atoms with Crippen LogP contribution in [-0.4, -0.2) is 36.3 Å². The Hall–Kier alpha value is -2.62. The normalized spacial score (nSPS) is 10.2. The van der Waals surface area contributed by atoms with Crippen LogP contribution in [0.25, 0.3) is 0 Å². The van der Waals surface area contributed by atoms with Crippen LogP contribution >= 0.6 is 0 Å². The number of aryl methyl sites for hydroxylation is 1. The van der Waals surface area contributed by atoms with Crippen LogP contribution in [0, 0.1) is 6.92 Å². The van der Waals surface area contributed by atoms with E-state index in [9.17, 15) is 9.59 Å². The van der Waals surface area contributed by atoms with Crippen molar-refractivity contribution in [1.82, 2.24) is 10.2 Å². The highest BCUT2D eigenvalue weighted by molar-refractivity contribution is 5.97. The number of likely N-dealkylation sites (N-methyl/N-ethyl adjacent to an activating group) is 1. The van der Waals surface area contributed by atoms with E-state index in [0.717, 1.165) is 12.0 Å². The molecule has 0 atom stereocenters. The lowest BCUT2D eigenvalue weighted by molar-refractivity contribution is -0.129. The Labute approximate surface area is 143 Å². The molecule has 2 aromatic carbocycles. The average Bonchev–Trinajstić information content (AvgIpc) is 2.61. The maximum atomic E-state index is 12.3. The van der Waals surface area contributed by atoms with Crippen LogP contribution in [-0.2, 0) is 11.2 Å². The highest BCUT2D eigenvalue weighted by Crippen LogP contribution is 2.06. The van der Waals surface area contributed by atoms with Crippen molar-refractivity contribution < 1.29 is 9.59 Å². The van der Waals surface area contributed by atoms with Gasteiger partial charge in [0.05, 0.1) is 6.54 Å². The first kappa shape index (κ1) is 17.7. The molecule has 0 bridgehead atoms. The molecule has 0 heterocycles. The SMILES string of the molecule is CCN(CCc1ccccc1)C(=O)CNC(=O)c1ccccc1C. The summed E-state index contributed by atoms with van der Waals surface area (Å²) in [6, 6.07) is 17.4. The lowest BCUT2D eigenvalue weighted by atomic mass is 10.1. The molecule has 2 aromatic rings. The van der Waals surface area contributed by atoms with E-state index >= 15 is 0 Å². The van der Waals surface area contributed by atoms with Crippen molar-refractivity contribution >= 4 is 11.8 Å². The summed E-state index contributed by atoms with van der Waals surface area (Å²) >= 11 is 0. The Bertz CT molecular complexity index is 683. The van der Waals surface area contributed by atoms with Crippen molar-refractivity contribution in [3.8, 4) is 0 Å². The average molecular weight is 324 g/mol. The summed E-state index contributed by atoms with van der Waals surface area (Å²) in [5.41, 5.74) is 2.71. The zero-order valence-electron chi connectivity index (χ0n) is 14.3. The minimum Gasteiger partial charge on any atom is -0.343 e. The van der Waals surface area contributed by atoms with Crippen molar-refractivity contribution in [3.63, 3.8) is 0 Å². The van der Waals surface area contributed by atoms with E-state index in [4.69, 9.17) is 0 Å². The van der Waals surface area contributed by atoms with Crippen LogP contribution in [0.1, 0.15) is 28.4 Å². The summed E-state index contributed by atoms with van der Waals surface area (Å²) in [4.78, 5) is 26.3. The number of nitrogens with zero attached hydrogens (tertiary/aromatic N) is 1. The number of hydrogen-bond acceptors (Lipinski definition) is 2. The van der Waals surface area contributed by atoms with E-state index in [1.165, 1.54) is 5.56 Å². The van der Waals surface area contributed by atoms with Crippen molar-refractivity contribution in [1.29, 1.82) is 0 Å². The molecule has 0 radical (unpaired) electrons. The van der Waals surface area contributed by atoms with Crippen LogP contribution in [0.4, 0.5) is 0 Å². The number of carbonyl (C=O) groups is 2. The van der Waals surface area contributed by atoms with Crippen LogP contribution < -0.4 is 5.32 Å². The van der Waals surface area contributed by atoms with E-state index in [1.54, 1.807) is 11.0 Å². The molecule has 1 N–H and O–H groups in total. The standard InChI is InChI=1S/C20H24N2O2/c1-3-22(14-13-17-10-5-4-6-11-17)19(23)15-21-20(24)18-12-8-7-9-16(18)2/h4-12H,3,13-15H2,1-2H3,(H,21,24). The van der Waals surface area contributed by atoms with Crippen molar-refractivity contribution in [2.75, 3.05) is 19.6 Å². The fraction of sp³-hybridized carbons (Fsp3) is 0.300. The third-order valence-corrected chi connectivity index (χ3v) is 4.04. The topological polar surface area (TPSA) is 49.4 Å². The summed E-state index contributed by atoms with van der Waals surface area (Å²) < 4.78 is 0. The quantitative estimate of drug-likeness (QED) is 0.851. The number of nitrogens with one attached hydrogen (secondary N) is 1. The highest BCUT2D eigenvalue weighted by Gasteiger charge is 2.14. The van der Waals surface area contributed by atoms with Crippen LogP contribution in [0.5, 0.6) is 0 Å². The molecule has 0 aliphatic rings. The van der Waals surface area contributed by atoms with Gasteiger partial charge in [0, 0.05) is 18.7 Å². The molecule has 0 fully saturated rings. The number of rotatable bonds is 7. The molecule has 0 aliphatic carbocycles. The van der Waals surface area contributed by atoms with Gasteiger partial charge >= 0.3 is 0 Å². The minimum atomic E-state index is -0.208. The van der Waals surface area contributed by atoms with Gasteiger partial charge in [-0.25, -0.2) is 0 Å². The molecule has 0 spiro atoms. The van der Waals surface area contributed by atoms with E-state index < -0.39 is 0 Å². The number of carbonyl (C=O) groups excluding carboxylic acids is 2. The molecular weight excluding hydrogens is 300 g/mol. The Morgan fingerprint density at radius 1 is 1.00 bits per heavy atom. The molecule has 4 heteroatoms. The Morgan fingerprint density at radius 3 is 2.33 bits per heavy atom. The van der Waals surface area contributed by atoms with Gasteiger partial charge in [-0.15, -0.1) is 0 Å². The van der Waals surface area contributed by atoms with Gasteiger partial charge in [0.15, 0.2) is 0 Å². The predicted octanol–water partition coefficient (Wildman–Crippen LogP) is 2.82. The molecule has 0 aliphatic heterocycles. The highest BCUT2D eigenvalue weighted by atomic mass is 16.2. The molecule has 0 saturated heterocycles. The van der Waals surface area contributed by atoms with Crippen LogP contribution in [0.15, 0.2) is 54.6 Å².